The zero-order chi connectivity index (χ0) is 23.2. The minimum absolute atomic E-state index is 0.0786. The Morgan fingerprint density at radius 2 is 1.85 bits per heavy atom. The number of aromatic nitrogens is 2. The van der Waals surface area contributed by atoms with E-state index in [1.807, 2.05) is 66.9 Å². The van der Waals surface area contributed by atoms with Crippen LogP contribution in [0.25, 0.3) is 11.0 Å². The lowest BCUT2D eigenvalue weighted by molar-refractivity contribution is -0.134. The van der Waals surface area contributed by atoms with Gasteiger partial charge in [-0.25, -0.2) is 4.98 Å². The van der Waals surface area contributed by atoms with E-state index in [1.54, 1.807) is 4.90 Å². The summed E-state index contributed by atoms with van der Waals surface area (Å²) in [6.07, 6.45) is 4.47. The second kappa shape index (κ2) is 8.32. The van der Waals surface area contributed by atoms with Crippen LogP contribution >= 0.6 is 0 Å². The molecule has 3 aromatic rings. The van der Waals surface area contributed by atoms with Gasteiger partial charge in [0.05, 0.1) is 17.6 Å². The Morgan fingerprint density at radius 1 is 1.12 bits per heavy atom. The van der Waals surface area contributed by atoms with Crippen LogP contribution in [0.3, 0.4) is 0 Å². The average Bonchev–Trinajstić information content (AvgIpc) is 3.18. The molecular weight excluding hydrogens is 412 g/mol. The lowest BCUT2D eigenvalue weighted by atomic mass is 9.85. The number of benzene rings is 2. The first-order valence-electron chi connectivity index (χ1n) is 12.0. The number of nitrogens with one attached hydrogen (secondary N) is 1. The van der Waals surface area contributed by atoms with Gasteiger partial charge in [0, 0.05) is 12.6 Å². The summed E-state index contributed by atoms with van der Waals surface area (Å²) in [5, 5.41) is 3.33. The van der Waals surface area contributed by atoms with E-state index < -0.39 is 5.54 Å². The number of para-hydroxylation sites is 2. The average molecular weight is 445 g/mol. The summed E-state index contributed by atoms with van der Waals surface area (Å²) >= 11 is 0. The van der Waals surface area contributed by atoms with Crippen LogP contribution in [0.5, 0.6) is 0 Å². The standard InChI is InChI=1S/C27H32N4O2/c1-18-12-14-20(15-13-18)16-31-25(32)24-28-22-10-6-7-11-23(22)30(24)17-27(31,3)26(33)29-21-9-5-4-8-19(21)2/h6-7,10-15,19,21H,4-5,8-9,16-17H2,1-3H3,(H,29,33). The number of nitrogens with zero attached hydrogens (tertiary/aromatic N) is 3. The molecule has 1 aliphatic carbocycles. The van der Waals surface area contributed by atoms with E-state index in [-0.39, 0.29) is 17.9 Å². The van der Waals surface area contributed by atoms with Crippen LogP contribution in [0.1, 0.15) is 61.3 Å². The van der Waals surface area contributed by atoms with E-state index in [0.29, 0.717) is 24.8 Å². The van der Waals surface area contributed by atoms with Crippen molar-refractivity contribution < 1.29 is 9.59 Å². The normalized spacial score (nSPS) is 25.2. The molecule has 1 aliphatic heterocycles. The second-order valence-corrected chi connectivity index (χ2v) is 10.0. The van der Waals surface area contributed by atoms with Gasteiger partial charge in [-0.2, -0.15) is 0 Å². The van der Waals surface area contributed by atoms with E-state index in [1.165, 1.54) is 6.42 Å². The summed E-state index contributed by atoms with van der Waals surface area (Å²) in [7, 11) is 0. The highest BCUT2D eigenvalue weighted by Crippen LogP contribution is 2.33. The monoisotopic (exact) mass is 444 g/mol. The van der Waals surface area contributed by atoms with Crippen LogP contribution in [0.15, 0.2) is 48.5 Å². The molecule has 3 unspecified atom stereocenters. The molecule has 2 aromatic carbocycles. The summed E-state index contributed by atoms with van der Waals surface area (Å²) in [4.78, 5) is 34.0. The third-order valence-corrected chi connectivity index (χ3v) is 7.53. The van der Waals surface area contributed by atoms with Crippen LogP contribution in [-0.4, -0.2) is 37.8 Å². The predicted molar refractivity (Wildman–Crippen MR) is 129 cm³/mol. The van der Waals surface area contributed by atoms with Gasteiger partial charge in [-0.1, -0.05) is 61.7 Å². The second-order valence-electron chi connectivity index (χ2n) is 10.0. The van der Waals surface area contributed by atoms with Gasteiger partial charge in [-0.3, -0.25) is 9.59 Å². The van der Waals surface area contributed by atoms with Crippen molar-refractivity contribution in [3.05, 3.63) is 65.5 Å². The van der Waals surface area contributed by atoms with E-state index >= 15 is 0 Å². The number of carbonyl (C=O) groups excluding carboxylic acids is 2. The van der Waals surface area contributed by atoms with Gasteiger partial charge >= 0.3 is 0 Å². The van der Waals surface area contributed by atoms with Crippen LogP contribution in [0, 0.1) is 12.8 Å². The number of hydrogen-bond donors (Lipinski definition) is 1. The molecular formula is C27H32N4O2. The molecule has 1 fully saturated rings. The fourth-order valence-corrected chi connectivity index (χ4v) is 5.31. The zero-order valence-electron chi connectivity index (χ0n) is 19.7. The first-order chi connectivity index (χ1) is 15.9. The third-order valence-electron chi connectivity index (χ3n) is 7.53. The van der Waals surface area contributed by atoms with Gasteiger partial charge in [0.2, 0.25) is 5.91 Å². The molecule has 1 aromatic heterocycles. The Labute approximate surface area is 195 Å². The number of amides is 2. The molecule has 0 bridgehead atoms. The van der Waals surface area contributed by atoms with E-state index in [9.17, 15) is 9.59 Å². The van der Waals surface area contributed by atoms with Crippen molar-refractivity contribution >= 4 is 22.8 Å². The number of imidazole rings is 1. The van der Waals surface area contributed by atoms with Crippen molar-refractivity contribution in [2.24, 2.45) is 5.92 Å². The molecule has 2 aliphatic rings. The Morgan fingerprint density at radius 3 is 2.61 bits per heavy atom. The molecule has 1 N–H and O–H groups in total. The SMILES string of the molecule is Cc1ccc(CN2C(=O)c3nc4ccccc4n3CC2(C)C(=O)NC2CCCCC2C)cc1. The Bertz CT molecular complexity index is 1200. The smallest absolute Gasteiger partial charge is 0.291 e. The van der Waals surface area contributed by atoms with Crippen LogP contribution in [0.2, 0.25) is 0 Å². The fraction of sp³-hybridized carbons (Fsp3) is 0.444. The Kier molecular flexibility index (Phi) is 5.47. The van der Waals surface area contributed by atoms with Crippen LogP contribution in [0.4, 0.5) is 0 Å². The highest BCUT2D eigenvalue weighted by Gasteiger charge is 2.49. The predicted octanol–water partition coefficient (Wildman–Crippen LogP) is 4.45. The van der Waals surface area contributed by atoms with Crippen molar-refractivity contribution in [1.82, 2.24) is 19.8 Å². The molecule has 0 spiro atoms. The third kappa shape index (κ3) is 3.81. The Hall–Kier alpha value is -3.15. The quantitative estimate of drug-likeness (QED) is 0.646. The largest absolute Gasteiger partial charge is 0.351 e. The maximum atomic E-state index is 13.9. The van der Waals surface area contributed by atoms with E-state index in [4.69, 9.17) is 0 Å². The molecule has 33 heavy (non-hydrogen) atoms. The van der Waals surface area contributed by atoms with E-state index in [0.717, 1.165) is 41.4 Å². The molecule has 0 radical (unpaired) electrons. The number of carbonyl (C=O) groups is 2. The molecule has 3 atom stereocenters. The molecule has 0 saturated heterocycles. The molecule has 6 nitrogen and oxygen atoms in total. The Balaban J connectivity index is 1.54. The lowest BCUT2D eigenvalue weighted by Gasteiger charge is -2.44. The van der Waals surface area contributed by atoms with Gasteiger partial charge in [0.15, 0.2) is 5.82 Å². The topological polar surface area (TPSA) is 67.2 Å². The molecule has 2 heterocycles. The van der Waals surface area contributed by atoms with Gasteiger partial charge in [-0.05, 0) is 50.3 Å². The van der Waals surface area contributed by atoms with Gasteiger partial charge < -0.3 is 14.8 Å². The van der Waals surface area contributed by atoms with Crippen molar-refractivity contribution in [1.29, 1.82) is 0 Å². The van der Waals surface area contributed by atoms with Gasteiger partial charge in [-0.15, -0.1) is 0 Å². The highest BCUT2D eigenvalue weighted by atomic mass is 16.2. The number of aryl methyl sites for hydroxylation is 1. The van der Waals surface area contributed by atoms with Crippen molar-refractivity contribution in [2.75, 3.05) is 0 Å². The minimum atomic E-state index is -1.02. The maximum Gasteiger partial charge on any atom is 0.291 e. The summed E-state index contributed by atoms with van der Waals surface area (Å²) in [5.74, 6) is 0.568. The minimum Gasteiger partial charge on any atom is -0.351 e. The lowest BCUT2D eigenvalue weighted by Crippen LogP contribution is -2.65. The molecule has 6 heteroatoms. The van der Waals surface area contributed by atoms with Crippen molar-refractivity contribution in [3.63, 3.8) is 0 Å². The van der Waals surface area contributed by atoms with Gasteiger partial charge in [0.1, 0.15) is 5.54 Å². The first-order valence-corrected chi connectivity index (χ1v) is 12.0. The number of hydrogen-bond acceptors (Lipinski definition) is 3. The molecule has 172 valence electrons. The van der Waals surface area contributed by atoms with Crippen molar-refractivity contribution in [3.8, 4) is 0 Å². The summed E-state index contributed by atoms with van der Waals surface area (Å²) < 4.78 is 1.92. The highest BCUT2D eigenvalue weighted by molar-refractivity contribution is 6.01. The maximum absolute atomic E-state index is 13.9. The first kappa shape index (κ1) is 21.7. The van der Waals surface area contributed by atoms with Crippen LogP contribution < -0.4 is 5.32 Å². The summed E-state index contributed by atoms with van der Waals surface area (Å²) in [5.41, 5.74) is 2.82. The fourth-order valence-electron chi connectivity index (χ4n) is 5.31. The summed E-state index contributed by atoms with van der Waals surface area (Å²) in [6.45, 7) is 6.91. The molecule has 5 rings (SSSR count). The molecule has 1 saturated carbocycles. The van der Waals surface area contributed by atoms with Crippen LogP contribution in [-0.2, 0) is 17.9 Å². The number of rotatable bonds is 4. The zero-order valence-corrected chi connectivity index (χ0v) is 19.7. The van der Waals surface area contributed by atoms with E-state index in [2.05, 4.69) is 17.2 Å². The molecule has 2 amide bonds. The number of fused-ring (bicyclic) bond motifs is 3. The van der Waals surface area contributed by atoms with Gasteiger partial charge in [0.25, 0.3) is 5.91 Å². The van der Waals surface area contributed by atoms with Crippen molar-refractivity contribution in [2.45, 2.75) is 71.1 Å². The summed E-state index contributed by atoms with van der Waals surface area (Å²) in [6, 6.07) is 16.0.